The third kappa shape index (κ3) is 10.0. The Kier molecular flexibility index (Phi) is 8.27. The molecular formula is C11H20O7. The summed E-state index contributed by atoms with van der Waals surface area (Å²) in [7, 11) is 0. The molecular weight excluding hydrogens is 244 g/mol. The van der Waals surface area contributed by atoms with E-state index in [-0.39, 0.29) is 26.1 Å². The minimum Gasteiger partial charge on any atom is -0.463 e. The average Bonchev–Trinajstić information content (AvgIpc) is 2.21. The molecule has 106 valence electrons. The van der Waals surface area contributed by atoms with Crippen LogP contribution >= 0.6 is 0 Å². The average molecular weight is 264 g/mol. The van der Waals surface area contributed by atoms with Crippen LogP contribution in [0.25, 0.3) is 0 Å². The number of aliphatic hydroxyl groups excluding tert-OH is 3. The van der Waals surface area contributed by atoms with E-state index in [0.717, 1.165) is 0 Å². The second-order valence-electron chi connectivity index (χ2n) is 4.13. The number of carbonyl (C=O) groups excluding carboxylic acids is 2. The van der Waals surface area contributed by atoms with Crippen molar-refractivity contribution in [2.24, 2.45) is 0 Å². The van der Waals surface area contributed by atoms with Gasteiger partial charge in [-0.2, -0.15) is 0 Å². The Morgan fingerprint density at radius 2 is 1.22 bits per heavy atom. The second-order valence-corrected chi connectivity index (χ2v) is 4.13. The van der Waals surface area contributed by atoms with Gasteiger partial charge < -0.3 is 24.8 Å². The molecule has 0 aromatic carbocycles. The van der Waals surface area contributed by atoms with E-state index in [4.69, 9.17) is 10.2 Å². The molecule has 0 fully saturated rings. The number of esters is 2. The predicted octanol–water partition coefficient (Wildman–Crippen LogP) is -1.02. The van der Waals surface area contributed by atoms with E-state index in [2.05, 4.69) is 9.47 Å². The Labute approximate surface area is 105 Å². The van der Waals surface area contributed by atoms with Gasteiger partial charge in [0, 0.05) is 0 Å². The fourth-order valence-corrected chi connectivity index (χ4v) is 1.03. The number of ether oxygens (including phenoxy) is 2. The zero-order valence-corrected chi connectivity index (χ0v) is 10.5. The van der Waals surface area contributed by atoms with Crippen LogP contribution in [0.1, 0.15) is 26.7 Å². The smallest absolute Gasteiger partial charge is 0.308 e. The number of aliphatic hydroxyl groups is 3. The van der Waals surface area contributed by atoms with E-state index in [9.17, 15) is 14.7 Å². The van der Waals surface area contributed by atoms with Crippen molar-refractivity contribution in [2.75, 3.05) is 13.2 Å². The highest BCUT2D eigenvalue weighted by Gasteiger charge is 2.14. The van der Waals surface area contributed by atoms with Gasteiger partial charge in [0.1, 0.15) is 19.3 Å². The van der Waals surface area contributed by atoms with Gasteiger partial charge in [0.05, 0.1) is 25.0 Å². The molecule has 3 N–H and O–H groups in total. The lowest BCUT2D eigenvalue weighted by atomic mass is 10.3. The van der Waals surface area contributed by atoms with E-state index in [1.165, 1.54) is 13.8 Å². The van der Waals surface area contributed by atoms with Gasteiger partial charge in [0.25, 0.3) is 0 Å². The summed E-state index contributed by atoms with van der Waals surface area (Å²) in [4.78, 5) is 22.0. The van der Waals surface area contributed by atoms with Crippen molar-refractivity contribution in [1.82, 2.24) is 0 Å². The van der Waals surface area contributed by atoms with E-state index in [1.807, 2.05) is 0 Å². The number of carbonyl (C=O) groups is 2. The van der Waals surface area contributed by atoms with Crippen LogP contribution in [0.2, 0.25) is 0 Å². The van der Waals surface area contributed by atoms with E-state index in [0.29, 0.717) is 0 Å². The Hall–Kier alpha value is -1.18. The Bertz CT molecular complexity index is 236. The molecule has 7 nitrogen and oxygen atoms in total. The highest BCUT2D eigenvalue weighted by molar-refractivity contribution is 5.70. The third-order valence-corrected chi connectivity index (χ3v) is 1.80. The minimum atomic E-state index is -1.12. The molecule has 18 heavy (non-hydrogen) atoms. The molecule has 0 amide bonds. The first-order valence-electron chi connectivity index (χ1n) is 5.66. The molecule has 0 aliphatic rings. The molecule has 0 spiro atoms. The Morgan fingerprint density at radius 1 is 0.889 bits per heavy atom. The maximum absolute atomic E-state index is 11.0. The van der Waals surface area contributed by atoms with Crippen LogP contribution in [-0.2, 0) is 19.1 Å². The summed E-state index contributed by atoms with van der Waals surface area (Å²) < 4.78 is 9.28. The third-order valence-electron chi connectivity index (χ3n) is 1.80. The lowest BCUT2D eigenvalue weighted by molar-refractivity contribution is -0.154. The van der Waals surface area contributed by atoms with Crippen LogP contribution in [0.15, 0.2) is 0 Å². The van der Waals surface area contributed by atoms with Crippen LogP contribution in [0.3, 0.4) is 0 Å². The van der Waals surface area contributed by atoms with Crippen molar-refractivity contribution in [1.29, 1.82) is 0 Å². The van der Waals surface area contributed by atoms with Crippen molar-refractivity contribution >= 4 is 11.9 Å². The zero-order chi connectivity index (χ0) is 14.1. The molecule has 0 rings (SSSR count). The maximum Gasteiger partial charge on any atom is 0.308 e. The molecule has 0 bridgehead atoms. The van der Waals surface area contributed by atoms with Gasteiger partial charge >= 0.3 is 11.9 Å². The first-order valence-corrected chi connectivity index (χ1v) is 5.66. The van der Waals surface area contributed by atoms with Gasteiger partial charge in [-0.1, -0.05) is 0 Å². The van der Waals surface area contributed by atoms with Gasteiger partial charge in [-0.15, -0.1) is 0 Å². The number of hydrogen-bond donors (Lipinski definition) is 3. The van der Waals surface area contributed by atoms with Crippen molar-refractivity contribution in [2.45, 2.75) is 45.0 Å². The molecule has 0 radical (unpaired) electrons. The van der Waals surface area contributed by atoms with Gasteiger partial charge in [-0.3, -0.25) is 9.59 Å². The number of rotatable bonds is 8. The van der Waals surface area contributed by atoms with Gasteiger partial charge in [-0.25, -0.2) is 0 Å². The normalized spacial score (nSPS) is 14.1. The topological polar surface area (TPSA) is 113 Å². The summed E-state index contributed by atoms with van der Waals surface area (Å²) in [6.45, 7) is 2.26. The molecule has 0 aromatic rings. The van der Waals surface area contributed by atoms with Crippen LogP contribution in [-0.4, -0.2) is 58.8 Å². The molecule has 0 aliphatic carbocycles. The lowest BCUT2D eigenvalue weighted by Gasteiger charge is -2.12. The molecule has 0 aromatic heterocycles. The van der Waals surface area contributed by atoms with E-state index in [1.54, 1.807) is 0 Å². The van der Waals surface area contributed by atoms with E-state index < -0.39 is 30.3 Å². The highest BCUT2D eigenvalue weighted by atomic mass is 16.6. The maximum atomic E-state index is 11.0. The molecule has 2 atom stereocenters. The van der Waals surface area contributed by atoms with Gasteiger partial charge in [-0.05, 0) is 13.8 Å². The van der Waals surface area contributed by atoms with E-state index >= 15 is 0 Å². The summed E-state index contributed by atoms with van der Waals surface area (Å²) in [6, 6.07) is 0. The van der Waals surface area contributed by atoms with Crippen molar-refractivity contribution in [3.8, 4) is 0 Å². The first-order chi connectivity index (χ1) is 8.31. The monoisotopic (exact) mass is 264 g/mol. The fraction of sp³-hybridized carbons (Fsp3) is 0.818. The molecule has 0 saturated carbocycles. The molecule has 0 unspecified atom stereocenters. The SMILES string of the molecule is C[C@@H](O)CC(=O)OCC(O)COC(=O)C[C@@H](C)O. The summed E-state index contributed by atoms with van der Waals surface area (Å²) in [5, 5.41) is 27.1. The van der Waals surface area contributed by atoms with Crippen LogP contribution in [0, 0.1) is 0 Å². The van der Waals surface area contributed by atoms with Crippen LogP contribution in [0.5, 0.6) is 0 Å². The Morgan fingerprint density at radius 3 is 1.50 bits per heavy atom. The van der Waals surface area contributed by atoms with Crippen LogP contribution in [0.4, 0.5) is 0 Å². The second kappa shape index (κ2) is 8.84. The first kappa shape index (κ1) is 16.8. The van der Waals surface area contributed by atoms with Crippen molar-refractivity contribution in [3.05, 3.63) is 0 Å². The number of hydrogen-bond acceptors (Lipinski definition) is 7. The molecule has 0 saturated heterocycles. The largest absolute Gasteiger partial charge is 0.463 e. The predicted molar refractivity (Wildman–Crippen MR) is 60.5 cm³/mol. The van der Waals surface area contributed by atoms with Crippen molar-refractivity contribution < 1.29 is 34.4 Å². The van der Waals surface area contributed by atoms with Gasteiger partial charge in [0.2, 0.25) is 0 Å². The molecule has 7 heteroatoms. The summed E-state index contributed by atoms with van der Waals surface area (Å²) in [5.74, 6) is -1.28. The summed E-state index contributed by atoms with van der Waals surface area (Å²) in [5.41, 5.74) is 0. The minimum absolute atomic E-state index is 0.158. The Balaban J connectivity index is 3.68. The van der Waals surface area contributed by atoms with Crippen molar-refractivity contribution in [3.63, 3.8) is 0 Å². The summed E-state index contributed by atoms with van der Waals surface area (Å²) in [6.07, 6.45) is -3.05. The van der Waals surface area contributed by atoms with Crippen LogP contribution < -0.4 is 0 Å². The highest BCUT2D eigenvalue weighted by Crippen LogP contribution is 1.97. The standard InChI is InChI=1S/C11H20O7/c1-7(12)3-10(15)17-5-9(14)6-18-11(16)4-8(2)13/h7-9,12-14H,3-6H2,1-2H3/t7-,8-/m1/s1. The fourth-order valence-electron chi connectivity index (χ4n) is 1.03. The summed E-state index contributed by atoms with van der Waals surface area (Å²) >= 11 is 0. The van der Waals surface area contributed by atoms with Gasteiger partial charge in [0.15, 0.2) is 0 Å². The molecule has 0 aliphatic heterocycles. The quantitative estimate of drug-likeness (QED) is 0.481. The zero-order valence-electron chi connectivity index (χ0n) is 10.5. The lowest BCUT2D eigenvalue weighted by Crippen LogP contribution is -2.26. The molecule has 0 heterocycles.